The molecule has 0 bridgehead atoms. The summed E-state index contributed by atoms with van der Waals surface area (Å²) in [6.07, 6.45) is 1.79. The van der Waals surface area contributed by atoms with Crippen molar-refractivity contribution >= 4 is 5.91 Å². The van der Waals surface area contributed by atoms with Crippen LogP contribution in [-0.4, -0.2) is 27.5 Å². The number of nitrogens with one attached hydrogen (secondary N) is 1. The average Bonchev–Trinajstić information content (AvgIpc) is 3.06. The fraction of sp³-hybridized carbons (Fsp3) is 0.333. The highest BCUT2D eigenvalue weighted by atomic mass is 19.1. The molecule has 1 fully saturated rings. The van der Waals surface area contributed by atoms with Gasteiger partial charge < -0.3 is 4.90 Å². The molecule has 1 amide bonds. The monoisotopic (exact) mass is 273 g/mol. The summed E-state index contributed by atoms with van der Waals surface area (Å²) in [4.78, 5) is 14.3. The van der Waals surface area contributed by atoms with E-state index in [0.29, 0.717) is 12.2 Å². The van der Waals surface area contributed by atoms with Crippen molar-refractivity contribution in [3.8, 4) is 0 Å². The fourth-order valence-electron chi connectivity index (χ4n) is 2.74. The van der Waals surface area contributed by atoms with Gasteiger partial charge in [0.25, 0.3) is 5.91 Å². The predicted octanol–water partition coefficient (Wildman–Crippen LogP) is 2.83. The first-order valence-corrected chi connectivity index (χ1v) is 6.73. The molecule has 2 heterocycles. The Kier molecular flexibility index (Phi) is 3.26. The van der Waals surface area contributed by atoms with Gasteiger partial charge in [0.15, 0.2) is 0 Å². The zero-order valence-electron chi connectivity index (χ0n) is 11.3. The Morgan fingerprint density at radius 2 is 2.30 bits per heavy atom. The summed E-state index contributed by atoms with van der Waals surface area (Å²) in [5, 5.41) is 6.79. The van der Waals surface area contributed by atoms with Crippen LogP contribution in [0.5, 0.6) is 0 Å². The summed E-state index contributed by atoms with van der Waals surface area (Å²) < 4.78 is 13.4. The van der Waals surface area contributed by atoms with Gasteiger partial charge in [-0.2, -0.15) is 5.10 Å². The Labute approximate surface area is 116 Å². The molecular weight excluding hydrogens is 257 g/mol. The normalized spacial score (nSPS) is 18.5. The molecule has 1 atom stereocenters. The van der Waals surface area contributed by atoms with Crippen molar-refractivity contribution in [2.45, 2.75) is 25.8 Å². The van der Waals surface area contributed by atoms with Gasteiger partial charge >= 0.3 is 0 Å². The van der Waals surface area contributed by atoms with Crippen LogP contribution in [0.25, 0.3) is 0 Å². The molecule has 1 aliphatic rings. The molecule has 1 aromatic heterocycles. The Balaban J connectivity index is 1.87. The lowest BCUT2D eigenvalue weighted by Crippen LogP contribution is -2.30. The summed E-state index contributed by atoms with van der Waals surface area (Å²) in [7, 11) is 0. The number of H-pyrrole nitrogens is 1. The first-order valence-electron chi connectivity index (χ1n) is 6.73. The number of hydrogen-bond donors (Lipinski definition) is 1. The van der Waals surface area contributed by atoms with Crippen LogP contribution in [0.3, 0.4) is 0 Å². The summed E-state index contributed by atoms with van der Waals surface area (Å²) in [5.41, 5.74) is 2.13. The van der Waals surface area contributed by atoms with Gasteiger partial charge in [-0.05, 0) is 43.5 Å². The van der Waals surface area contributed by atoms with E-state index in [4.69, 9.17) is 0 Å². The van der Waals surface area contributed by atoms with E-state index < -0.39 is 0 Å². The summed E-state index contributed by atoms with van der Waals surface area (Å²) in [5.74, 6) is -0.362. The van der Waals surface area contributed by atoms with Gasteiger partial charge in [-0.3, -0.25) is 9.89 Å². The summed E-state index contributed by atoms with van der Waals surface area (Å²) in [6, 6.07) is 8.16. The Morgan fingerprint density at radius 3 is 3.00 bits per heavy atom. The van der Waals surface area contributed by atoms with Crippen LogP contribution in [-0.2, 0) is 0 Å². The van der Waals surface area contributed by atoms with Gasteiger partial charge in [0.05, 0.1) is 6.04 Å². The van der Waals surface area contributed by atoms with E-state index in [1.54, 1.807) is 17.0 Å². The number of amides is 1. The van der Waals surface area contributed by atoms with E-state index in [2.05, 4.69) is 10.2 Å². The molecule has 0 unspecified atom stereocenters. The van der Waals surface area contributed by atoms with E-state index >= 15 is 0 Å². The molecule has 0 saturated carbocycles. The molecule has 20 heavy (non-hydrogen) atoms. The molecule has 1 saturated heterocycles. The number of benzene rings is 1. The number of aromatic nitrogens is 2. The quantitative estimate of drug-likeness (QED) is 0.914. The Hall–Kier alpha value is -2.17. The van der Waals surface area contributed by atoms with E-state index in [1.807, 2.05) is 13.0 Å². The maximum Gasteiger partial charge on any atom is 0.274 e. The topological polar surface area (TPSA) is 49.0 Å². The van der Waals surface area contributed by atoms with Crippen molar-refractivity contribution in [1.29, 1.82) is 0 Å². The van der Waals surface area contributed by atoms with Crippen LogP contribution in [0.4, 0.5) is 4.39 Å². The lowest BCUT2D eigenvalue weighted by molar-refractivity contribution is 0.0729. The van der Waals surface area contributed by atoms with Gasteiger partial charge in [-0.15, -0.1) is 0 Å². The maximum absolute atomic E-state index is 13.4. The molecule has 0 spiro atoms. The molecular formula is C15H16FN3O. The second-order valence-corrected chi connectivity index (χ2v) is 5.15. The molecule has 0 radical (unpaired) electrons. The number of nitrogens with zero attached hydrogens (tertiary/aromatic N) is 2. The van der Waals surface area contributed by atoms with Gasteiger partial charge in [0, 0.05) is 12.2 Å². The molecule has 1 aromatic carbocycles. The minimum Gasteiger partial charge on any atom is -0.330 e. The molecule has 3 rings (SSSR count). The van der Waals surface area contributed by atoms with Crippen molar-refractivity contribution in [2.24, 2.45) is 0 Å². The van der Waals surface area contributed by atoms with Crippen LogP contribution in [0.2, 0.25) is 0 Å². The molecule has 1 aliphatic heterocycles. The maximum atomic E-state index is 13.4. The second kappa shape index (κ2) is 5.07. The lowest BCUT2D eigenvalue weighted by Gasteiger charge is -2.24. The third kappa shape index (κ3) is 2.31. The zero-order chi connectivity index (χ0) is 14.1. The third-order valence-electron chi connectivity index (χ3n) is 3.67. The third-order valence-corrected chi connectivity index (χ3v) is 3.67. The highest BCUT2D eigenvalue weighted by Gasteiger charge is 2.31. The molecule has 0 aliphatic carbocycles. The SMILES string of the molecule is Cc1cc(C(=O)N2CCC[C@@H]2c2cccc(F)c2)n[nH]1. The number of aromatic amines is 1. The van der Waals surface area contributed by atoms with Crippen molar-refractivity contribution in [3.63, 3.8) is 0 Å². The highest BCUT2D eigenvalue weighted by molar-refractivity contribution is 5.92. The summed E-state index contributed by atoms with van der Waals surface area (Å²) in [6.45, 7) is 2.55. The smallest absolute Gasteiger partial charge is 0.274 e. The van der Waals surface area contributed by atoms with Gasteiger partial charge in [-0.25, -0.2) is 4.39 Å². The van der Waals surface area contributed by atoms with E-state index in [9.17, 15) is 9.18 Å². The molecule has 5 heteroatoms. The number of carbonyl (C=O) groups excluding carboxylic acids is 1. The molecule has 2 aromatic rings. The minimum absolute atomic E-state index is 0.0600. The average molecular weight is 273 g/mol. The number of carbonyl (C=O) groups is 1. The van der Waals surface area contributed by atoms with E-state index in [0.717, 1.165) is 24.1 Å². The fourth-order valence-corrected chi connectivity index (χ4v) is 2.74. The van der Waals surface area contributed by atoms with Crippen molar-refractivity contribution in [2.75, 3.05) is 6.54 Å². The van der Waals surface area contributed by atoms with Crippen molar-refractivity contribution < 1.29 is 9.18 Å². The first-order chi connectivity index (χ1) is 9.65. The second-order valence-electron chi connectivity index (χ2n) is 5.15. The predicted molar refractivity (Wildman–Crippen MR) is 72.7 cm³/mol. The van der Waals surface area contributed by atoms with Crippen LogP contribution >= 0.6 is 0 Å². The summed E-state index contributed by atoms with van der Waals surface area (Å²) >= 11 is 0. The van der Waals surface area contributed by atoms with Crippen LogP contribution in [0.15, 0.2) is 30.3 Å². The number of aryl methyl sites for hydroxylation is 1. The van der Waals surface area contributed by atoms with Crippen LogP contribution in [0, 0.1) is 12.7 Å². The number of hydrogen-bond acceptors (Lipinski definition) is 2. The van der Waals surface area contributed by atoms with Crippen molar-refractivity contribution in [3.05, 3.63) is 53.1 Å². The van der Waals surface area contributed by atoms with Gasteiger partial charge in [0.1, 0.15) is 11.5 Å². The largest absolute Gasteiger partial charge is 0.330 e. The molecule has 4 nitrogen and oxygen atoms in total. The first kappa shape index (κ1) is 12.8. The van der Waals surface area contributed by atoms with Gasteiger partial charge in [-0.1, -0.05) is 12.1 Å². The Morgan fingerprint density at radius 1 is 1.45 bits per heavy atom. The van der Waals surface area contributed by atoms with Crippen LogP contribution in [0.1, 0.15) is 40.6 Å². The molecule has 104 valence electrons. The van der Waals surface area contributed by atoms with Crippen molar-refractivity contribution in [1.82, 2.24) is 15.1 Å². The number of halogens is 1. The number of rotatable bonds is 2. The Bertz CT molecular complexity index is 638. The van der Waals surface area contributed by atoms with Crippen LogP contribution < -0.4 is 0 Å². The zero-order valence-corrected chi connectivity index (χ0v) is 11.3. The molecule has 1 N–H and O–H groups in total. The highest BCUT2D eigenvalue weighted by Crippen LogP contribution is 2.33. The van der Waals surface area contributed by atoms with Gasteiger partial charge in [0.2, 0.25) is 0 Å². The van der Waals surface area contributed by atoms with E-state index in [-0.39, 0.29) is 17.8 Å². The van der Waals surface area contributed by atoms with E-state index in [1.165, 1.54) is 12.1 Å². The lowest BCUT2D eigenvalue weighted by atomic mass is 10.0. The number of likely N-dealkylation sites (tertiary alicyclic amines) is 1. The minimum atomic E-state index is -0.266. The standard InChI is InChI=1S/C15H16FN3O/c1-10-8-13(18-17-10)15(20)19-7-3-6-14(19)11-4-2-5-12(16)9-11/h2,4-5,8-9,14H,3,6-7H2,1H3,(H,17,18)/t14-/m1/s1.